The lowest BCUT2D eigenvalue weighted by Gasteiger charge is -2.15. The monoisotopic (exact) mass is 356 g/mol. The molecular weight excluding hydrogens is 332 g/mol. The number of carbonyl (C=O) groups is 1. The molecule has 0 fully saturated rings. The van der Waals surface area contributed by atoms with Crippen LogP contribution in [0.4, 0.5) is 5.69 Å². The number of benzene rings is 2. The van der Waals surface area contributed by atoms with Crippen LogP contribution in [0.15, 0.2) is 30.3 Å². The van der Waals surface area contributed by atoms with Gasteiger partial charge in [0.15, 0.2) is 11.7 Å². The maximum atomic E-state index is 12.1. The summed E-state index contributed by atoms with van der Waals surface area (Å²) in [7, 11) is 0. The predicted molar refractivity (Wildman–Crippen MR) is 106 cm³/mol. The molecular formula is C20H24N2O2S. The van der Waals surface area contributed by atoms with Gasteiger partial charge in [-0.3, -0.25) is 10.1 Å². The van der Waals surface area contributed by atoms with Crippen molar-refractivity contribution in [2.45, 2.75) is 34.6 Å². The summed E-state index contributed by atoms with van der Waals surface area (Å²) >= 11 is 5.24. The largest absolute Gasteiger partial charge is 0.483 e. The lowest BCUT2D eigenvalue weighted by Crippen LogP contribution is -2.37. The van der Waals surface area contributed by atoms with Crippen LogP contribution in [0.5, 0.6) is 5.75 Å². The highest BCUT2D eigenvalue weighted by Gasteiger charge is 2.10. The Balaban J connectivity index is 1.92. The van der Waals surface area contributed by atoms with Gasteiger partial charge in [0, 0.05) is 5.69 Å². The maximum absolute atomic E-state index is 12.1. The standard InChI is InChI=1S/C20H24N2O2S/c1-12-6-7-14(3)17(10-12)24-11-18(23)21-20(25)22-19-15(4)8-13(2)9-16(19)5/h6-10H,11H2,1-5H3,(H2,21,22,23,25). The van der Waals surface area contributed by atoms with E-state index in [1.807, 2.05) is 45.9 Å². The van der Waals surface area contributed by atoms with Crippen molar-refractivity contribution in [1.82, 2.24) is 5.32 Å². The molecule has 0 aliphatic heterocycles. The van der Waals surface area contributed by atoms with Crippen LogP contribution in [0.3, 0.4) is 0 Å². The van der Waals surface area contributed by atoms with Crippen LogP contribution in [0, 0.1) is 34.6 Å². The van der Waals surface area contributed by atoms with Crippen molar-refractivity contribution < 1.29 is 9.53 Å². The fourth-order valence-corrected chi connectivity index (χ4v) is 2.91. The van der Waals surface area contributed by atoms with Gasteiger partial charge >= 0.3 is 0 Å². The summed E-state index contributed by atoms with van der Waals surface area (Å²) in [5.74, 6) is 0.417. The van der Waals surface area contributed by atoms with E-state index in [2.05, 4.69) is 29.7 Å². The number of hydrogen-bond donors (Lipinski definition) is 2. The van der Waals surface area contributed by atoms with E-state index in [-0.39, 0.29) is 17.6 Å². The molecule has 5 heteroatoms. The first-order valence-electron chi connectivity index (χ1n) is 8.15. The van der Waals surface area contributed by atoms with Crippen LogP contribution >= 0.6 is 12.2 Å². The lowest BCUT2D eigenvalue weighted by molar-refractivity contribution is -0.121. The summed E-state index contributed by atoms with van der Waals surface area (Å²) in [6.45, 7) is 9.92. The fraction of sp³-hybridized carbons (Fsp3) is 0.300. The molecule has 0 saturated heterocycles. The molecule has 2 aromatic carbocycles. The van der Waals surface area contributed by atoms with E-state index in [9.17, 15) is 4.79 Å². The van der Waals surface area contributed by atoms with Crippen LogP contribution in [0.25, 0.3) is 0 Å². The van der Waals surface area contributed by atoms with Gasteiger partial charge in [-0.15, -0.1) is 0 Å². The average Bonchev–Trinajstić information content (AvgIpc) is 2.51. The minimum absolute atomic E-state index is 0.0853. The van der Waals surface area contributed by atoms with Crippen molar-refractivity contribution in [3.05, 3.63) is 58.1 Å². The van der Waals surface area contributed by atoms with Crippen LogP contribution in [-0.2, 0) is 4.79 Å². The first-order valence-corrected chi connectivity index (χ1v) is 8.56. The van der Waals surface area contributed by atoms with Gasteiger partial charge in [-0.2, -0.15) is 0 Å². The first kappa shape index (κ1) is 18.9. The number of thiocarbonyl (C=S) groups is 1. The molecule has 25 heavy (non-hydrogen) atoms. The summed E-state index contributed by atoms with van der Waals surface area (Å²) in [6, 6.07) is 10.0. The average molecular weight is 356 g/mol. The van der Waals surface area contributed by atoms with E-state index >= 15 is 0 Å². The zero-order chi connectivity index (χ0) is 18.6. The van der Waals surface area contributed by atoms with Gasteiger partial charge in [0.1, 0.15) is 5.75 Å². The predicted octanol–water partition coefficient (Wildman–Crippen LogP) is 4.12. The smallest absolute Gasteiger partial charge is 0.264 e. The molecule has 1 amide bonds. The summed E-state index contributed by atoms with van der Waals surface area (Å²) in [5.41, 5.74) is 6.36. The van der Waals surface area contributed by atoms with E-state index in [1.165, 1.54) is 5.56 Å². The molecule has 4 nitrogen and oxygen atoms in total. The second kappa shape index (κ2) is 8.12. The van der Waals surface area contributed by atoms with Crippen molar-refractivity contribution in [2.24, 2.45) is 0 Å². The number of nitrogens with one attached hydrogen (secondary N) is 2. The Morgan fingerprint density at radius 2 is 1.60 bits per heavy atom. The van der Waals surface area contributed by atoms with Crippen molar-refractivity contribution in [1.29, 1.82) is 0 Å². The van der Waals surface area contributed by atoms with E-state index in [1.54, 1.807) is 0 Å². The fourth-order valence-electron chi connectivity index (χ4n) is 2.69. The Bertz CT molecular complexity index is 792. The van der Waals surface area contributed by atoms with Crippen LogP contribution in [0.1, 0.15) is 27.8 Å². The molecule has 0 radical (unpaired) electrons. The number of hydrogen-bond acceptors (Lipinski definition) is 3. The highest BCUT2D eigenvalue weighted by Crippen LogP contribution is 2.22. The van der Waals surface area contributed by atoms with Gasteiger partial charge in [0.05, 0.1) is 0 Å². The number of amides is 1. The number of rotatable bonds is 4. The van der Waals surface area contributed by atoms with Gasteiger partial charge in [-0.05, 0) is 75.2 Å². The summed E-state index contributed by atoms with van der Waals surface area (Å²) in [4.78, 5) is 12.1. The number of anilines is 1. The van der Waals surface area contributed by atoms with Crippen LogP contribution in [0.2, 0.25) is 0 Å². The van der Waals surface area contributed by atoms with E-state index in [0.717, 1.165) is 27.9 Å². The van der Waals surface area contributed by atoms with Gasteiger partial charge in [0.25, 0.3) is 5.91 Å². The Labute approximate surface area is 154 Å². The molecule has 0 atom stereocenters. The molecule has 0 spiro atoms. The molecule has 0 bridgehead atoms. The van der Waals surface area contributed by atoms with Crippen molar-refractivity contribution in [2.75, 3.05) is 11.9 Å². The number of aryl methyl sites for hydroxylation is 5. The van der Waals surface area contributed by atoms with Gasteiger partial charge in [-0.1, -0.05) is 29.8 Å². The minimum Gasteiger partial charge on any atom is -0.483 e. The molecule has 2 aromatic rings. The summed E-state index contributed by atoms with van der Waals surface area (Å²) < 4.78 is 5.59. The Kier molecular flexibility index (Phi) is 6.15. The quantitative estimate of drug-likeness (QED) is 0.809. The third kappa shape index (κ3) is 5.29. The second-order valence-electron chi connectivity index (χ2n) is 6.33. The Morgan fingerprint density at radius 3 is 2.24 bits per heavy atom. The minimum atomic E-state index is -0.291. The molecule has 0 aliphatic carbocycles. The highest BCUT2D eigenvalue weighted by atomic mass is 32.1. The normalized spacial score (nSPS) is 10.3. The number of carbonyl (C=O) groups excluding carboxylic acids is 1. The lowest BCUT2D eigenvalue weighted by atomic mass is 10.1. The van der Waals surface area contributed by atoms with Crippen molar-refractivity contribution in [3.8, 4) is 5.75 Å². The molecule has 0 aromatic heterocycles. The van der Waals surface area contributed by atoms with E-state index < -0.39 is 0 Å². The molecule has 0 heterocycles. The van der Waals surface area contributed by atoms with Crippen LogP contribution in [-0.4, -0.2) is 17.6 Å². The maximum Gasteiger partial charge on any atom is 0.264 e. The highest BCUT2D eigenvalue weighted by molar-refractivity contribution is 7.80. The topological polar surface area (TPSA) is 50.4 Å². The zero-order valence-corrected chi connectivity index (χ0v) is 16.1. The van der Waals surface area contributed by atoms with Crippen LogP contribution < -0.4 is 15.4 Å². The number of ether oxygens (including phenoxy) is 1. The zero-order valence-electron chi connectivity index (χ0n) is 15.3. The summed E-state index contributed by atoms with van der Waals surface area (Å²) in [5, 5.41) is 6.03. The summed E-state index contributed by atoms with van der Waals surface area (Å²) in [6.07, 6.45) is 0. The van der Waals surface area contributed by atoms with Gasteiger partial charge < -0.3 is 10.1 Å². The Morgan fingerprint density at radius 1 is 0.960 bits per heavy atom. The van der Waals surface area contributed by atoms with Crippen molar-refractivity contribution >= 4 is 28.9 Å². The third-order valence-electron chi connectivity index (χ3n) is 3.87. The molecule has 2 N–H and O–H groups in total. The van der Waals surface area contributed by atoms with Gasteiger partial charge in [0.2, 0.25) is 0 Å². The molecule has 2 rings (SSSR count). The molecule has 0 unspecified atom stereocenters. The van der Waals surface area contributed by atoms with E-state index in [4.69, 9.17) is 17.0 Å². The Hall–Kier alpha value is -2.40. The molecule has 132 valence electrons. The van der Waals surface area contributed by atoms with E-state index in [0.29, 0.717) is 5.75 Å². The molecule has 0 saturated carbocycles. The first-order chi connectivity index (χ1) is 11.8. The van der Waals surface area contributed by atoms with Gasteiger partial charge in [-0.25, -0.2) is 0 Å². The second-order valence-corrected chi connectivity index (χ2v) is 6.74. The SMILES string of the molecule is Cc1cc(C)c(NC(=S)NC(=O)COc2cc(C)ccc2C)c(C)c1. The third-order valence-corrected chi connectivity index (χ3v) is 4.08. The molecule has 0 aliphatic rings. The van der Waals surface area contributed by atoms with Crippen molar-refractivity contribution in [3.63, 3.8) is 0 Å².